The standard InChI is InChI=1S/C15H14N2O2S/c1-11-5-6-12(10-16-11)17-15(19)14-8-7-13(20-14)4-2-3-9-18/h5-8,10,18H,3,9H2,1H3,(H,17,19). The molecule has 0 unspecified atom stereocenters. The van der Waals surface area contributed by atoms with Crippen LogP contribution < -0.4 is 5.32 Å². The molecule has 5 heteroatoms. The van der Waals surface area contributed by atoms with Crippen LogP contribution in [0.25, 0.3) is 0 Å². The van der Waals surface area contributed by atoms with E-state index in [-0.39, 0.29) is 12.5 Å². The summed E-state index contributed by atoms with van der Waals surface area (Å²) in [7, 11) is 0. The molecule has 0 atom stereocenters. The zero-order valence-corrected chi connectivity index (χ0v) is 11.8. The quantitative estimate of drug-likeness (QED) is 0.852. The number of nitrogens with zero attached hydrogens (tertiary/aromatic N) is 1. The van der Waals surface area contributed by atoms with Crippen molar-refractivity contribution in [1.29, 1.82) is 0 Å². The third-order valence-corrected chi connectivity index (χ3v) is 3.45. The van der Waals surface area contributed by atoms with Crippen LogP contribution in [0.1, 0.15) is 26.7 Å². The Hall–Kier alpha value is -2.16. The number of carbonyl (C=O) groups excluding carboxylic acids is 1. The van der Waals surface area contributed by atoms with Gasteiger partial charge in [-0.05, 0) is 31.2 Å². The van der Waals surface area contributed by atoms with Crippen LogP contribution in [0.2, 0.25) is 0 Å². The van der Waals surface area contributed by atoms with Crippen LogP contribution in [0.3, 0.4) is 0 Å². The van der Waals surface area contributed by atoms with Gasteiger partial charge in [0.15, 0.2) is 0 Å². The summed E-state index contributed by atoms with van der Waals surface area (Å²) in [5.74, 6) is 5.57. The largest absolute Gasteiger partial charge is 0.395 e. The van der Waals surface area contributed by atoms with E-state index < -0.39 is 0 Å². The van der Waals surface area contributed by atoms with E-state index >= 15 is 0 Å². The molecule has 4 nitrogen and oxygen atoms in total. The van der Waals surface area contributed by atoms with Crippen molar-refractivity contribution in [2.24, 2.45) is 0 Å². The molecule has 0 aliphatic heterocycles. The average Bonchev–Trinajstić information content (AvgIpc) is 2.91. The van der Waals surface area contributed by atoms with Gasteiger partial charge in [0.05, 0.1) is 28.2 Å². The van der Waals surface area contributed by atoms with Crippen molar-refractivity contribution < 1.29 is 9.90 Å². The molecular formula is C15H14N2O2S. The summed E-state index contributed by atoms with van der Waals surface area (Å²) in [6.45, 7) is 1.94. The van der Waals surface area contributed by atoms with Crippen molar-refractivity contribution in [3.8, 4) is 11.8 Å². The number of pyridine rings is 1. The molecule has 0 radical (unpaired) electrons. The number of aliphatic hydroxyl groups is 1. The topological polar surface area (TPSA) is 62.2 Å². The molecule has 0 spiro atoms. The van der Waals surface area contributed by atoms with Crippen LogP contribution in [-0.2, 0) is 0 Å². The van der Waals surface area contributed by atoms with E-state index in [0.717, 1.165) is 10.6 Å². The van der Waals surface area contributed by atoms with Gasteiger partial charge in [0.1, 0.15) is 0 Å². The van der Waals surface area contributed by atoms with Crippen LogP contribution in [0.15, 0.2) is 30.5 Å². The molecule has 2 aromatic rings. The molecule has 2 aromatic heterocycles. The number of aliphatic hydroxyl groups excluding tert-OH is 1. The fraction of sp³-hybridized carbons (Fsp3) is 0.200. The number of nitrogens with one attached hydrogen (secondary N) is 1. The smallest absolute Gasteiger partial charge is 0.265 e. The molecule has 0 aliphatic rings. The summed E-state index contributed by atoms with van der Waals surface area (Å²) in [6, 6.07) is 7.20. The highest BCUT2D eigenvalue weighted by Gasteiger charge is 2.08. The van der Waals surface area contributed by atoms with E-state index in [1.54, 1.807) is 18.3 Å². The monoisotopic (exact) mass is 286 g/mol. The van der Waals surface area contributed by atoms with Crippen molar-refractivity contribution >= 4 is 22.9 Å². The van der Waals surface area contributed by atoms with Gasteiger partial charge in [-0.3, -0.25) is 9.78 Å². The minimum absolute atomic E-state index is 0.0478. The summed E-state index contributed by atoms with van der Waals surface area (Å²) >= 11 is 1.33. The lowest BCUT2D eigenvalue weighted by Gasteiger charge is -2.02. The van der Waals surface area contributed by atoms with Gasteiger partial charge in [0.2, 0.25) is 0 Å². The predicted molar refractivity (Wildman–Crippen MR) is 79.8 cm³/mol. The molecule has 2 N–H and O–H groups in total. The number of anilines is 1. The lowest BCUT2D eigenvalue weighted by molar-refractivity contribution is 0.103. The first-order chi connectivity index (χ1) is 9.69. The van der Waals surface area contributed by atoms with E-state index in [9.17, 15) is 4.79 Å². The van der Waals surface area contributed by atoms with E-state index in [4.69, 9.17) is 5.11 Å². The number of amides is 1. The number of rotatable bonds is 3. The fourth-order valence-electron chi connectivity index (χ4n) is 1.47. The molecule has 0 aliphatic carbocycles. The Morgan fingerprint density at radius 1 is 1.40 bits per heavy atom. The number of carbonyl (C=O) groups is 1. The summed E-state index contributed by atoms with van der Waals surface area (Å²) in [5, 5.41) is 11.4. The van der Waals surface area contributed by atoms with Gasteiger partial charge in [-0.25, -0.2) is 0 Å². The first kappa shape index (κ1) is 14.3. The molecule has 20 heavy (non-hydrogen) atoms. The maximum absolute atomic E-state index is 12.0. The molecule has 0 bridgehead atoms. The Kier molecular flexibility index (Phi) is 4.88. The average molecular weight is 286 g/mol. The Bertz CT molecular complexity index is 651. The van der Waals surface area contributed by atoms with Crippen molar-refractivity contribution in [3.63, 3.8) is 0 Å². The molecule has 0 aromatic carbocycles. The van der Waals surface area contributed by atoms with Gasteiger partial charge in [0, 0.05) is 12.1 Å². The lowest BCUT2D eigenvalue weighted by Crippen LogP contribution is -2.10. The van der Waals surface area contributed by atoms with Crippen LogP contribution in [-0.4, -0.2) is 22.6 Å². The number of thiophene rings is 1. The highest BCUT2D eigenvalue weighted by atomic mass is 32.1. The Morgan fingerprint density at radius 2 is 2.25 bits per heavy atom. The second-order valence-corrected chi connectivity index (χ2v) is 5.17. The van der Waals surface area contributed by atoms with Gasteiger partial charge in [-0.1, -0.05) is 11.8 Å². The third-order valence-electron chi connectivity index (χ3n) is 2.45. The second-order valence-electron chi connectivity index (χ2n) is 4.08. The fourth-order valence-corrected chi connectivity index (χ4v) is 2.24. The minimum Gasteiger partial charge on any atom is -0.395 e. The minimum atomic E-state index is -0.170. The van der Waals surface area contributed by atoms with Crippen molar-refractivity contribution in [2.45, 2.75) is 13.3 Å². The zero-order chi connectivity index (χ0) is 14.4. The van der Waals surface area contributed by atoms with Gasteiger partial charge < -0.3 is 10.4 Å². The highest BCUT2D eigenvalue weighted by molar-refractivity contribution is 7.14. The van der Waals surface area contributed by atoms with E-state index in [1.807, 2.05) is 19.1 Å². The van der Waals surface area contributed by atoms with Crippen LogP contribution >= 0.6 is 11.3 Å². The van der Waals surface area contributed by atoms with E-state index in [1.165, 1.54) is 11.3 Å². The van der Waals surface area contributed by atoms with Crippen molar-refractivity contribution in [1.82, 2.24) is 4.98 Å². The third kappa shape index (κ3) is 3.92. The zero-order valence-electron chi connectivity index (χ0n) is 11.0. The summed E-state index contributed by atoms with van der Waals surface area (Å²) in [4.78, 5) is 17.6. The molecule has 102 valence electrons. The van der Waals surface area contributed by atoms with Gasteiger partial charge in [-0.2, -0.15) is 0 Å². The normalized spacial score (nSPS) is 9.70. The molecular weight excluding hydrogens is 272 g/mol. The first-order valence-electron chi connectivity index (χ1n) is 6.12. The maximum atomic E-state index is 12.0. The summed E-state index contributed by atoms with van der Waals surface area (Å²) < 4.78 is 0. The molecule has 2 heterocycles. The number of hydrogen-bond acceptors (Lipinski definition) is 4. The SMILES string of the molecule is Cc1ccc(NC(=O)c2ccc(C#CCCO)s2)cn1. The van der Waals surface area contributed by atoms with Crippen LogP contribution in [0.5, 0.6) is 0 Å². The van der Waals surface area contributed by atoms with Crippen LogP contribution in [0, 0.1) is 18.8 Å². The van der Waals surface area contributed by atoms with Crippen molar-refractivity contribution in [2.75, 3.05) is 11.9 Å². The van der Waals surface area contributed by atoms with Gasteiger partial charge in [0.25, 0.3) is 5.91 Å². The lowest BCUT2D eigenvalue weighted by atomic mass is 10.3. The Balaban J connectivity index is 2.03. The van der Waals surface area contributed by atoms with E-state index in [0.29, 0.717) is 17.0 Å². The van der Waals surface area contributed by atoms with Crippen molar-refractivity contribution in [3.05, 3.63) is 45.9 Å². The molecule has 0 fully saturated rings. The molecule has 2 rings (SSSR count). The first-order valence-corrected chi connectivity index (χ1v) is 6.94. The highest BCUT2D eigenvalue weighted by Crippen LogP contribution is 2.17. The molecule has 0 saturated heterocycles. The summed E-state index contributed by atoms with van der Waals surface area (Å²) in [6.07, 6.45) is 2.07. The second kappa shape index (κ2) is 6.85. The van der Waals surface area contributed by atoms with Gasteiger partial charge >= 0.3 is 0 Å². The Morgan fingerprint density at radius 3 is 2.95 bits per heavy atom. The number of aryl methyl sites for hydroxylation is 1. The number of aromatic nitrogens is 1. The maximum Gasteiger partial charge on any atom is 0.265 e. The van der Waals surface area contributed by atoms with E-state index in [2.05, 4.69) is 22.1 Å². The number of hydrogen-bond donors (Lipinski definition) is 2. The Labute approximate surface area is 121 Å². The molecule has 1 amide bonds. The molecule has 0 saturated carbocycles. The van der Waals surface area contributed by atoms with Gasteiger partial charge in [-0.15, -0.1) is 11.3 Å². The van der Waals surface area contributed by atoms with Crippen LogP contribution in [0.4, 0.5) is 5.69 Å². The predicted octanol–water partition coefficient (Wildman–Crippen LogP) is 2.44. The summed E-state index contributed by atoms with van der Waals surface area (Å²) in [5.41, 5.74) is 1.57.